The normalized spacial score (nSPS) is 13.8. The van der Waals surface area contributed by atoms with Crippen molar-refractivity contribution in [2.24, 2.45) is 0 Å². The summed E-state index contributed by atoms with van der Waals surface area (Å²) >= 11 is 6.19. The van der Waals surface area contributed by atoms with E-state index in [2.05, 4.69) is 5.32 Å². The van der Waals surface area contributed by atoms with Gasteiger partial charge in [-0.15, -0.1) is 0 Å². The number of hydrogen-bond donors (Lipinski definition) is 1. The number of rotatable bonds is 5. The van der Waals surface area contributed by atoms with Crippen LogP contribution in [0.2, 0.25) is 5.02 Å². The highest BCUT2D eigenvalue weighted by Gasteiger charge is 2.22. The fourth-order valence-electron chi connectivity index (χ4n) is 2.89. The Kier molecular flexibility index (Phi) is 5.47. The highest BCUT2D eigenvalue weighted by Crippen LogP contribution is 2.30. The topological polar surface area (TPSA) is 58.6 Å². The van der Waals surface area contributed by atoms with Crippen molar-refractivity contribution in [2.75, 3.05) is 23.4 Å². The van der Waals surface area contributed by atoms with Crippen molar-refractivity contribution in [3.05, 3.63) is 52.5 Å². The van der Waals surface area contributed by atoms with Crippen molar-refractivity contribution in [3.63, 3.8) is 0 Å². The van der Waals surface area contributed by atoms with Crippen molar-refractivity contribution < 1.29 is 14.3 Å². The first-order valence-corrected chi connectivity index (χ1v) is 8.91. The Morgan fingerprint density at radius 2 is 2.04 bits per heavy atom. The molecule has 0 atom stereocenters. The maximum Gasteiger partial charge on any atom is 0.262 e. The van der Waals surface area contributed by atoms with Crippen LogP contribution in [0.3, 0.4) is 0 Å². The third kappa shape index (κ3) is 4.17. The second-order valence-electron chi connectivity index (χ2n) is 6.42. The molecule has 0 aliphatic carbocycles. The SMILES string of the molecule is Cc1ccc(C)c(OCC(=O)Nc2cc(N3CCCC3=O)ccc2Cl)c1. The van der Waals surface area contributed by atoms with Crippen LogP contribution in [-0.2, 0) is 9.59 Å². The maximum absolute atomic E-state index is 12.3. The molecule has 0 spiro atoms. The lowest BCUT2D eigenvalue weighted by Gasteiger charge is -2.18. The number of carbonyl (C=O) groups is 2. The van der Waals surface area contributed by atoms with E-state index in [1.54, 1.807) is 23.1 Å². The number of carbonyl (C=O) groups excluding carboxylic acids is 2. The molecule has 0 unspecified atom stereocenters. The van der Waals surface area contributed by atoms with Crippen LogP contribution in [0.5, 0.6) is 5.75 Å². The molecule has 26 heavy (non-hydrogen) atoms. The zero-order valence-electron chi connectivity index (χ0n) is 14.8. The summed E-state index contributed by atoms with van der Waals surface area (Å²) in [6.07, 6.45) is 1.39. The van der Waals surface area contributed by atoms with E-state index in [1.165, 1.54) is 0 Å². The summed E-state index contributed by atoms with van der Waals surface area (Å²) in [5, 5.41) is 3.18. The molecule has 6 heteroatoms. The molecule has 0 aromatic heterocycles. The average molecular weight is 373 g/mol. The van der Waals surface area contributed by atoms with E-state index in [9.17, 15) is 9.59 Å². The second kappa shape index (κ2) is 7.79. The third-order valence-corrected chi connectivity index (χ3v) is 4.64. The van der Waals surface area contributed by atoms with Crippen LogP contribution in [0, 0.1) is 13.8 Å². The molecule has 1 heterocycles. The van der Waals surface area contributed by atoms with E-state index in [-0.39, 0.29) is 18.4 Å². The molecular weight excluding hydrogens is 352 g/mol. The summed E-state index contributed by atoms with van der Waals surface area (Å²) in [6, 6.07) is 11.0. The molecule has 1 saturated heterocycles. The van der Waals surface area contributed by atoms with Gasteiger partial charge in [0.05, 0.1) is 10.7 Å². The molecule has 1 aliphatic rings. The molecule has 2 aromatic rings. The second-order valence-corrected chi connectivity index (χ2v) is 6.83. The number of nitrogens with one attached hydrogen (secondary N) is 1. The molecule has 1 aliphatic heterocycles. The van der Waals surface area contributed by atoms with E-state index in [0.717, 1.165) is 23.2 Å². The lowest BCUT2D eigenvalue weighted by molar-refractivity contribution is -0.118. The van der Waals surface area contributed by atoms with Gasteiger partial charge in [0.1, 0.15) is 5.75 Å². The van der Waals surface area contributed by atoms with Crippen molar-refractivity contribution >= 4 is 34.8 Å². The van der Waals surface area contributed by atoms with Gasteiger partial charge in [-0.05, 0) is 55.7 Å². The van der Waals surface area contributed by atoms with Crippen LogP contribution >= 0.6 is 11.6 Å². The van der Waals surface area contributed by atoms with Crippen molar-refractivity contribution in [1.82, 2.24) is 0 Å². The molecule has 0 saturated carbocycles. The summed E-state index contributed by atoms with van der Waals surface area (Å²) in [4.78, 5) is 25.9. The Morgan fingerprint density at radius 3 is 2.77 bits per heavy atom. The zero-order chi connectivity index (χ0) is 18.7. The summed E-state index contributed by atoms with van der Waals surface area (Å²) in [7, 11) is 0. The van der Waals surface area contributed by atoms with Gasteiger partial charge in [-0.1, -0.05) is 23.7 Å². The molecule has 2 aromatic carbocycles. The van der Waals surface area contributed by atoms with Crippen molar-refractivity contribution in [2.45, 2.75) is 26.7 Å². The number of benzene rings is 2. The third-order valence-electron chi connectivity index (χ3n) is 4.31. The molecule has 0 bridgehead atoms. The Morgan fingerprint density at radius 1 is 1.23 bits per heavy atom. The van der Waals surface area contributed by atoms with E-state index < -0.39 is 0 Å². The molecule has 5 nitrogen and oxygen atoms in total. The summed E-state index contributed by atoms with van der Waals surface area (Å²) < 4.78 is 5.62. The van der Waals surface area contributed by atoms with Crippen LogP contribution < -0.4 is 15.0 Å². The highest BCUT2D eigenvalue weighted by molar-refractivity contribution is 6.33. The lowest BCUT2D eigenvalue weighted by Crippen LogP contribution is -2.24. The fourth-order valence-corrected chi connectivity index (χ4v) is 3.06. The number of halogens is 1. The van der Waals surface area contributed by atoms with Gasteiger partial charge in [0, 0.05) is 18.7 Å². The maximum atomic E-state index is 12.3. The van der Waals surface area contributed by atoms with Crippen LogP contribution in [0.15, 0.2) is 36.4 Å². The van der Waals surface area contributed by atoms with Crippen LogP contribution in [0.4, 0.5) is 11.4 Å². The van der Waals surface area contributed by atoms with Gasteiger partial charge >= 0.3 is 0 Å². The molecular formula is C20H21ClN2O3. The quantitative estimate of drug-likeness (QED) is 0.859. The molecule has 1 N–H and O–H groups in total. The number of aryl methyl sites for hydroxylation is 2. The Balaban J connectivity index is 1.67. The first-order chi connectivity index (χ1) is 12.4. The number of nitrogens with zero attached hydrogens (tertiary/aromatic N) is 1. The van der Waals surface area contributed by atoms with Gasteiger partial charge in [0.25, 0.3) is 5.91 Å². The Hall–Kier alpha value is -2.53. The predicted octanol–water partition coefficient (Wildman–Crippen LogP) is 4.10. The largest absolute Gasteiger partial charge is 0.483 e. The van der Waals surface area contributed by atoms with E-state index in [4.69, 9.17) is 16.3 Å². The highest BCUT2D eigenvalue weighted by atomic mass is 35.5. The minimum Gasteiger partial charge on any atom is -0.483 e. The van der Waals surface area contributed by atoms with Gasteiger partial charge in [-0.3, -0.25) is 9.59 Å². The van der Waals surface area contributed by atoms with E-state index >= 15 is 0 Å². The molecule has 1 fully saturated rings. The first-order valence-electron chi connectivity index (χ1n) is 8.54. The van der Waals surface area contributed by atoms with Crippen molar-refractivity contribution in [1.29, 1.82) is 0 Å². The molecule has 0 radical (unpaired) electrons. The van der Waals surface area contributed by atoms with Gasteiger partial charge in [0.15, 0.2) is 6.61 Å². The van der Waals surface area contributed by atoms with Gasteiger partial charge in [-0.25, -0.2) is 0 Å². The molecule has 136 valence electrons. The minimum atomic E-state index is -0.308. The zero-order valence-corrected chi connectivity index (χ0v) is 15.6. The summed E-state index contributed by atoms with van der Waals surface area (Å²) in [6.45, 7) is 4.47. The number of amides is 2. The van der Waals surface area contributed by atoms with Gasteiger partial charge in [0.2, 0.25) is 5.91 Å². The van der Waals surface area contributed by atoms with Crippen molar-refractivity contribution in [3.8, 4) is 5.75 Å². The van der Waals surface area contributed by atoms with E-state index in [0.29, 0.717) is 29.4 Å². The van der Waals surface area contributed by atoms with Crippen LogP contribution in [-0.4, -0.2) is 25.0 Å². The van der Waals surface area contributed by atoms with Gasteiger partial charge in [-0.2, -0.15) is 0 Å². The first kappa shape index (κ1) is 18.3. The Bertz CT molecular complexity index is 851. The predicted molar refractivity (Wildman–Crippen MR) is 103 cm³/mol. The summed E-state index contributed by atoms with van der Waals surface area (Å²) in [5.74, 6) is 0.461. The lowest BCUT2D eigenvalue weighted by atomic mass is 10.1. The van der Waals surface area contributed by atoms with Crippen LogP contribution in [0.1, 0.15) is 24.0 Å². The molecule has 2 amide bonds. The number of ether oxygens (including phenoxy) is 1. The smallest absolute Gasteiger partial charge is 0.262 e. The van der Waals surface area contributed by atoms with Gasteiger partial charge < -0.3 is 15.0 Å². The summed E-state index contributed by atoms with van der Waals surface area (Å²) in [5.41, 5.74) is 3.24. The van der Waals surface area contributed by atoms with Crippen LogP contribution in [0.25, 0.3) is 0 Å². The standard InChI is InChI=1S/C20H21ClN2O3/c1-13-5-6-14(2)18(10-13)26-12-19(24)22-17-11-15(7-8-16(17)21)23-9-3-4-20(23)25/h5-8,10-11H,3-4,9,12H2,1-2H3,(H,22,24). The fraction of sp³-hybridized carbons (Fsp3) is 0.300. The number of anilines is 2. The molecule has 3 rings (SSSR count). The average Bonchev–Trinajstić information content (AvgIpc) is 3.04. The number of hydrogen-bond acceptors (Lipinski definition) is 3. The Labute approximate surface area is 157 Å². The minimum absolute atomic E-state index is 0.0860. The van der Waals surface area contributed by atoms with E-state index in [1.807, 2.05) is 32.0 Å². The monoisotopic (exact) mass is 372 g/mol.